The maximum atomic E-state index is 9.53. The summed E-state index contributed by atoms with van der Waals surface area (Å²) in [6.07, 6.45) is 2.14. The summed E-state index contributed by atoms with van der Waals surface area (Å²) in [5.41, 5.74) is 4.72. The van der Waals surface area contributed by atoms with Gasteiger partial charge >= 0.3 is 5.97 Å². The molecule has 2 atom stereocenters. The van der Waals surface area contributed by atoms with Crippen molar-refractivity contribution in [2.75, 3.05) is 13.6 Å². The Morgan fingerprint density at radius 3 is 2.52 bits per heavy atom. The molecule has 2 N–H and O–H groups in total. The number of carboxylic acid groups (broad SMARTS) is 2. The van der Waals surface area contributed by atoms with E-state index in [9.17, 15) is 14.7 Å². The first-order valence-electron chi connectivity index (χ1n) is 8.75. The second-order valence-corrected chi connectivity index (χ2v) is 7.85. The summed E-state index contributed by atoms with van der Waals surface area (Å²) in [6.45, 7) is 2.44. The van der Waals surface area contributed by atoms with Gasteiger partial charge in [-0.15, -0.1) is 0 Å². The Morgan fingerprint density at radius 2 is 1.81 bits per heavy atom. The van der Waals surface area contributed by atoms with Crippen LogP contribution in [0.3, 0.4) is 0 Å². The first-order chi connectivity index (χ1) is 12.9. The van der Waals surface area contributed by atoms with Crippen molar-refractivity contribution < 1.29 is 24.7 Å². The summed E-state index contributed by atoms with van der Waals surface area (Å²) in [5, 5.41) is 17.2. The largest absolute Gasteiger partial charge is 0.545 e. The van der Waals surface area contributed by atoms with Gasteiger partial charge in [-0.2, -0.15) is 0 Å². The summed E-state index contributed by atoms with van der Waals surface area (Å²) in [7, 11) is 2.32. The van der Waals surface area contributed by atoms with Gasteiger partial charge in [0.1, 0.15) is 6.54 Å². The Kier molecular flexibility index (Phi) is 5.98. The molecule has 0 fully saturated rings. The standard InChI is InChI=1S/C17H17NS.C4H4O4/c1-18-10-13-6-4-8-16-17(13)14(11-18)9-12-5-2-3-7-15(12)19-16;5-3(6)1-2-4(7)8/h2-8,14H,9-11H2,1H3;1-2H,(H,5,6)(H,7,8)/b;2-1-. The number of rotatable bonds is 2. The fraction of sp³-hybridized carbons (Fsp3) is 0.238. The van der Waals surface area contributed by atoms with Gasteiger partial charge in [-0.1, -0.05) is 42.1 Å². The van der Waals surface area contributed by atoms with Crippen LogP contribution in [0.4, 0.5) is 0 Å². The number of benzene rings is 2. The number of carboxylic acids is 2. The van der Waals surface area contributed by atoms with Crippen LogP contribution < -0.4 is 10.0 Å². The van der Waals surface area contributed by atoms with Crippen LogP contribution >= 0.6 is 11.8 Å². The minimum atomic E-state index is -1.51. The molecule has 5 nitrogen and oxygen atoms in total. The van der Waals surface area contributed by atoms with E-state index >= 15 is 0 Å². The van der Waals surface area contributed by atoms with Crippen molar-refractivity contribution in [2.24, 2.45) is 0 Å². The Hall–Kier alpha value is -2.57. The fourth-order valence-electron chi connectivity index (χ4n) is 3.69. The molecule has 6 heteroatoms. The van der Waals surface area contributed by atoms with E-state index in [4.69, 9.17) is 5.11 Å². The molecule has 2 aromatic carbocycles. The molecule has 0 spiro atoms. The number of carbonyl (C=O) groups excluding carboxylic acids is 1. The molecule has 27 heavy (non-hydrogen) atoms. The molecule has 2 aromatic rings. The lowest BCUT2D eigenvalue weighted by molar-refractivity contribution is -0.897. The lowest BCUT2D eigenvalue weighted by atomic mass is 9.85. The Labute approximate surface area is 162 Å². The maximum absolute atomic E-state index is 9.53. The molecule has 4 rings (SSSR count). The van der Waals surface area contributed by atoms with Crippen molar-refractivity contribution in [3.05, 3.63) is 71.3 Å². The number of quaternary nitrogens is 1. The van der Waals surface area contributed by atoms with E-state index in [1.807, 2.05) is 11.8 Å². The molecule has 2 aliphatic heterocycles. The van der Waals surface area contributed by atoms with E-state index in [2.05, 4.69) is 49.5 Å². The quantitative estimate of drug-likeness (QED) is 0.753. The van der Waals surface area contributed by atoms with Crippen LogP contribution in [0.1, 0.15) is 22.6 Å². The van der Waals surface area contributed by atoms with Crippen LogP contribution in [0.2, 0.25) is 0 Å². The highest BCUT2D eigenvalue weighted by atomic mass is 32.2. The molecule has 0 aromatic heterocycles. The van der Waals surface area contributed by atoms with Crippen LogP contribution in [0.25, 0.3) is 0 Å². The third kappa shape index (κ3) is 4.78. The van der Waals surface area contributed by atoms with E-state index in [0.29, 0.717) is 18.1 Å². The predicted octanol–water partition coefficient (Wildman–Crippen LogP) is 0.883. The number of hydrogen-bond acceptors (Lipinski definition) is 4. The minimum absolute atomic E-state index is 0.447. The minimum Gasteiger partial charge on any atom is -0.545 e. The van der Waals surface area contributed by atoms with Crippen molar-refractivity contribution in [3.63, 3.8) is 0 Å². The highest BCUT2D eigenvalue weighted by molar-refractivity contribution is 7.99. The molecule has 0 saturated carbocycles. The Balaban J connectivity index is 0.000000226. The van der Waals surface area contributed by atoms with Gasteiger partial charge in [-0.05, 0) is 35.8 Å². The molecule has 2 unspecified atom stereocenters. The lowest BCUT2D eigenvalue weighted by Gasteiger charge is -2.30. The molecule has 0 aliphatic carbocycles. The van der Waals surface area contributed by atoms with Gasteiger partial charge in [0, 0.05) is 27.3 Å². The SMILES string of the molecule is C[NH+]1Cc2cccc3c2C(Cc2ccccc2S3)C1.O=C([O-])/C=C\C(=O)O. The van der Waals surface area contributed by atoms with Crippen LogP contribution in [0.15, 0.2) is 64.4 Å². The van der Waals surface area contributed by atoms with Crippen LogP contribution in [0, 0.1) is 0 Å². The van der Waals surface area contributed by atoms with Gasteiger partial charge in [0.15, 0.2) is 0 Å². The van der Waals surface area contributed by atoms with E-state index in [1.54, 1.807) is 16.0 Å². The maximum Gasteiger partial charge on any atom is 0.328 e. The smallest absolute Gasteiger partial charge is 0.328 e. The first kappa shape index (κ1) is 19.2. The summed E-state index contributed by atoms with van der Waals surface area (Å²) < 4.78 is 0. The van der Waals surface area contributed by atoms with Crippen molar-refractivity contribution in [1.29, 1.82) is 0 Å². The monoisotopic (exact) mass is 383 g/mol. The molecule has 0 bridgehead atoms. The molecular weight excluding hydrogens is 362 g/mol. The van der Waals surface area contributed by atoms with Gasteiger partial charge in [0.05, 0.1) is 19.6 Å². The van der Waals surface area contributed by atoms with Crippen molar-refractivity contribution >= 4 is 23.7 Å². The molecule has 140 valence electrons. The number of hydrogen-bond donors (Lipinski definition) is 2. The molecule has 2 aliphatic rings. The number of likely N-dealkylation sites (N-methyl/N-ethyl adjacent to an activating group) is 1. The molecule has 0 saturated heterocycles. The normalized spacial score (nSPS) is 19.9. The zero-order chi connectivity index (χ0) is 19.4. The molecule has 2 heterocycles. The van der Waals surface area contributed by atoms with Gasteiger partial charge in [-0.3, -0.25) is 0 Å². The fourth-order valence-corrected chi connectivity index (χ4v) is 4.91. The van der Waals surface area contributed by atoms with Crippen molar-refractivity contribution in [2.45, 2.75) is 28.7 Å². The first-order valence-corrected chi connectivity index (χ1v) is 9.56. The van der Waals surface area contributed by atoms with Gasteiger partial charge in [0.25, 0.3) is 0 Å². The van der Waals surface area contributed by atoms with Crippen molar-refractivity contribution in [1.82, 2.24) is 0 Å². The van der Waals surface area contributed by atoms with Gasteiger partial charge in [-0.25, -0.2) is 4.79 Å². The average Bonchev–Trinajstić information content (AvgIpc) is 2.77. The zero-order valence-electron chi connectivity index (χ0n) is 15.0. The Bertz CT molecular complexity index is 878. The van der Waals surface area contributed by atoms with E-state index in [-0.39, 0.29) is 0 Å². The van der Waals surface area contributed by atoms with E-state index in [0.717, 1.165) is 0 Å². The summed E-state index contributed by atoms with van der Waals surface area (Å²) in [4.78, 5) is 23.5. The summed E-state index contributed by atoms with van der Waals surface area (Å²) in [6, 6.07) is 15.8. The number of carbonyl (C=O) groups is 2. The molecule has 0 amide bonds. The second-order valence-electron chi connectivity index (χ2n) is 6.77. The van der Waals surface area contributed by atoms with E-state index in [1.165, 1.54) is 34.9 Å². The number of fused-ring (bicyclic) bond motifs is 1. The van der Waals surface area contributed by atoms with Crippen molar-refractivity contribution in [3.8, 4) is 0 Å². The Morgan fingerprint density at radius 1 is 1.11 bits per heavy atom. The summed E-state index contributed by atoms with van der Waals surface area (Å²) in [5.74, 6) is -2.11. The third-order valence-corrected chi connectivity index (χ3v) is 5.87. The number of nitrogens with one attached hydrogen (secondary N) is 1. The number of aliphatic carboxylic acids is 2. The topological polar surface area (TPSA) is 81.9 Å². The molecule has 0 radical (unpaired) electrons. The highest BCUT2D eigenvalue weighted by Gasteiger charge is 2.31. The third-order valence-electron chi connectivity index (χ3n) is 4.67. The highest BCUT2D eigenvalue weighted by Crippen LogP contribution is 2.43. The van der Waals surface area contributed by atoms with Crippen LogP contribution in [-0.4, -0.2) is 30.6 Å². The predicted molar refractivity (Wildman–Crippen MR) is 101 cm³/mol. The van der Waals surface area contributed by atoms with E-state index < -0.39 is 11.9 Å². The van der Waals surface area contributed by atoms with Crippen LogP contribution in [-0.2, 0) is 22.6 Å². The van der Waals surface area contributed by atoms with Crippen LogP contribution in [0.5, 0.6) is 0 Å². The zero-order valence-corrected chi connectivity index (χ0v) is 15.8. The second kappa shape index (κ2) is 8.41. The lowest BCUT2D eigenvalue weighted by Crippen LogP contribution is -3.09. The summed E-state index contributed by atoms with van der Waals surface area (Å²) >= 11 is 1.96. The van der Waals surface area contributed by atoms with Gasteiger partial charge in [0.2, 0.25) is 0 Å². The molecular formula is C21H21NO4S. The van der Waals surface area contributed by atoms with Gasteiger partial charge < -0.3 is 19.9 Å². The average molecular weight is 383 g/mol.